The Morgan fingerprint density at radius 1 is 1.26 bits per heavy atom. The summed E-state index contributed by atoms with van der Waals surface area (Å²) in [6, 6.07) is -1.05. The van der Waals surface area contributed by atoms with E-state index in [-0.39, 0.29) is 6.03 Å². The molecule has 2 atom stereocenters. The van der Waals surface area contributed by atoms with Crippen molar-refractivity contribution in [1.82, 2.24) is 10.2 Å². The zero-order chi connectivity index (χ0) is 14.8. The summed E-state index contributed by atoms with van der Waals surface area (Å²) in [6.45, 7) is 9.33. The molecule has 2 amide bonds. The van der Waals surface area contributed by atoms with Crippen LogP contribution in [0.15, 0.2) is 0 Å². The SMILES string of the molecule is CCCC[C@H](NC(=O)N(CC)CC(C)CC)C(=O)O. The van der Waals surface area contributed by atoms with Crippen LogP contribution in [-0.2, 0) is 4.79 Å². The van der Waals surface area contributed by atoms with Crippen molar-refractivity contribution in [3.63, 3.8) is 0 Å². The monoisotopic (exact) mass is 272 g/mol. The topological polar surface area (TPSA) is 69.6 Å². The van der Waals surface area contributed by atoms with Crippen LogP contribution in [0.4, 0.5) is 4.79 Å². The van der Waals surface area contributed by atoms with E-state index in [9.17, 15) is 9.59 Å². The molecule has 0 aromatic carbocycles. The summed E-state index contributed by atoms with van der Waals surface area (Å²) in [5.41, 5.74) is 0. The van der Waals surface area contributed by atoms with Crippen molar-refractivity contribution >= 4 is 12.0 Å². The fourth-order valence-electron chi connectivity index (χ4n) is 1.77. The van der Waals surface area contributed by atoms with Gasteiger partial charge in [-0.15, -0.1) is 0 Å². The molecule has 19 heavy (non-hydrogen) atoms. The van der Waals surface area contributed by atoms with Gasteiger partial charge in [-0.3, -0.25) is 0 Å². The van der Waals surface area contributed by atoms with E-state index < -0.39 is 12.0 Å². The molecule has 1 unspecified atom stereocenters. The van der Waals surface area contributed by atoms with Crippen LogP contribution >= 0.6 is 0 Å². The number of amides is 2. The van der Waals surface area contributed by atoms with Crippen LogP contribution in [0.3, 0.4) is 0 Å². The maximum absolute atomic E-state index is 12.1. The quantitative estimate of drug-likeness (QED) is 0.678. The van der Waals surface area contributed by atoms with Gasteiger partial charge < -0.3 is 15.3 Å². The number of carbonyl (C=O) groups excluding carboxylic acids is 1. The van der Waals surface area contributed by atoms with Crippen LogP contribution in [0.1, 0.15) is 53.4 Å². The number of aliphatic carboxylic acids is 1. The summed E-state index contributed by atoms with van der Waals surface area (Å²) in [7, 11) is 0. The molecule has 0 rings (SSSR count). The number of hydrogen-bond donors (Lipinski definition) is 2. The molecule has 0 fully saturated rings. The molecule has 0 spiro atoms. The van der Waals surface area contributed by atoms with E-state index in [0.717, 1.165) is 19.3 Å². The number of rotatable bonds is 9. The van der Waals surface area contributed by atoms with Crippen LogP contribution < -0.4 is 5.32 Å². The minimum Gasteiger partial charge on any atom is -0.480 e. The van der Waals surface area contributed by atoms with Gasteiger partial charge in [0.1, 0.15) is 6.04 Å². The van der Waals surface area contributed by atoms with Crippen molar-refractivity contribution in [2.45, 2.75) is 59.4 Å². The molecule has 5 heteroatoms. The molecular weight excluding hydrogens is 244 g/mol. The number of nitrogens with one attached hydrogen (secondary N) is 1. The Balaban J connectivity index is 4.45. The van der Waals surface area contributed by atoms with Gasteiger partial charge in [-0.1, -0.05) is 40.0 Å². The highest BCUT2D eigenvalue weighted by atomic mass is 16.4. The molecule has 0 bridgehead atoms. The van der Waals surface area contributed by atoms with Crippen LogP contribution in [0.2, 0.25) is 0 Å². The van der Waals surface area contributed by atoms with Gasteiger partial charge in [-0.25, -0.2) is 9.59 Å². The Kier molecular flexibility index (Phi) is 9.00. The minimum absolute atomic E-state index is 0.272. The van der Waals surface area contributed by atoms with Crippen LogP contribution in [0, 0.1) is 5.92 Å². The van der Waals surface area contributed by atoms with Crippen molar-refractivity contribution in [2.24, 2.45) is 5.92 Å². The number of hydrogen-bond acceptors (Lipinski definition) is 2. The lowest BCUT2D eigenvalue weighted by Gasteiger charge is -2.26. The Hall–Kier alpha value is -1.26. The zero-order valence-electron chi connectivity index (χ0n) is 12.6. The van der Waals surface area contributed by atoms with E-state index in [1.807, 2.05) is 13.8 Å². The van der Waals surface area contributed by atoms with Gasteiger partial charge in [0.2, 0.25) is 0 Å². The second kappa shape index (κ2) is 9.64. The second-order valence-electron chi connectivity index (χ2n) is 5.03. The van der Waals surface area contributed by atoms with Gasteiger partial charge in [0, 0.05) is 13.1 Å². The molecule has 0 aliphatic rings. The molecule has 0 aromatic rings. The third-order valence-electron chi connectivity index (χ3n) is 3.34. The van der Waals surface area contributed by atoms with E-state index in [2.05, 4.69) is 19.2 Å². The predicted molar refractivity (Wildman–Crippen MR) is 76.2 cm³/mol. The number of carboxylic acid groups (broad SMARTS) is 1. The van der Waals surface area contributed by atoms with Gasteiger partial charge in [0.15, 0.2) is 0 Å². The average Bonchev–Trinajstić information content (AvgIpc) is 2.39. The van der Waals surface area contributed by atoms with Crippen LogP contribution in [0.5, 0.6) is 0 Å². The average molecular weight is 272 g/mol. The third kappa shape index (κ3) is 7.03. The van der Waals surface area contributed by atoms with Gasteiger partial charge in [-0.05, 0) is 19.3 Å². The summed E-state index contributed by atoms with van der Waals surface area (Å²) in [6.07, 6.45) is 3.21. The standard InChI is InChI=1S/C14H28N2O3/c1-5-8-9-12(13(17)18)15-14(19)16(7-3)10-11(4)6-2/h11-12H,5-10H2,1-4H3,(H,15,19)(H,17,18)/t11?,12-/m0/s1. The molecule has 112 valence electrons. The van der Waals surface area contributed by atoms with Crippen LogP contribution in [-0.4, -0.2) is 41.1 Å². The maximum Gasteiger partial charge on any atom is 0.326 e. The smallest absolute Gasteiger partial charge is 0.326 e. The normalized spacial score (nSPS) is 13.7. The van der Waals surface area contributed by atoms with Crippen molar-refractivity contribution in [2.75, 3.05) is 13.1 Å². The lowest BCUT2D eigenvalue weighted by molar-refractivity contribution is -0.139. The highest BCUT2D eigenvalue weighted by Crippen LogP contribution is 2.06. The number of nitrogens with zero attached hydrogens (tertiary/aromatic N) is 1. The summed E-state index contributed by atoms with van der Waals surface area (Å²) in [5, 5.41) is 11.7. The highest BCUT2D eigenvalue weighted by Gasteiger charge is 2.22. The summed E-state index contributed by atoms with van der Waals surface area (Å²) < 4.78 is 0. The van der Waals surface area contributed by atoms with Crippen molar-refractivity contribution in [3.05, 3.63) is 0 Å². The minimum atomic E-state index is -0.957. The molecule has 0 heterocycles. The van der Waals surface area contributed by atoms with E-state index >= 15 is 0 Å². The Bertz CT molecular complexity index is 282. The molecule has 0 aliphatic carbocycles. The largest absolute Gasteiger partial charge is 0.480 e. The Morgan fingerprint density at radius 3 is 2.32 bits per heavy atom. The number of unbranched alkanes of at least 4 members (excludes halogenated alkanes) is 1. The summed E-state index contributed by atoms with van der Waals surface area (Å²) >= 11 is 0. The fourth-order valence-corrected chi connectivity index (χ4v) is 1.77. The van der Waals surface area contributed by atoms with E-state index in [1.165, 1.54) is 0 Å². The Labute approximate surface area is 116 Å². The molecule has 0 radical (unpaired) electrons. The summed E-state index contributed by atoms with van der Waals surface area (Å²) in [5.74, 6) is -0.536. The molecule has 0 saturated carbocycles. The Morgan fingerprint density at radius 2 is 1.89 bits per heavy atom. The summed E-state index contributed by atoms with van der Waals surface area (Å²) in [4.78, 5) is 24.8. The van der Waals surface area contributed by atoms with Crippen LogP contribution in [0.25, 0.3) is 0 Å². The second-order valence-corrected chi connectivity index (χ2v) is 5.03. The first-order chi connectivity index (χ1) is 8.96. The molecule has 0 aromatic heterocycles. The molecule has 0 aliphatic heterocycles. The number of carbonyl (C=O) groups is 2. The van der Waals surface area contributed by atoms with Gasteiger partial charge >= 0.3 is 12.0 Å². The van der Waals surface area contributed by atoms with Crippen molar-refractivity contribution < 1.29 is 14.7 Å². The molecule has 2 N–H and O–H groups in total. The van der Waals surface area contributed by atoms with E-state index in [0.29, 0.717) is 25.4 Å². The van der Waals surface area contributed by atoms with Gasteiger partial charge in [-0.2, -0.15) is 0 Å². The first-order valence-corrected chi connectivity index (χ1v) is 7.24. The number of carboxylic acids is 1. The maximum atomic E-state index is 12.1. The lowest BCUT2D eigenvalue weighted by Crippen LogP contribution is -2.48. The first kappa shape index (κ1) is 17.7. The highest BCUT2D eigenvalue weighted by molar-refractivity contribution is 5.82. The fraction of sp³-hybridized carbons (Fsp3) is 0.857. The van der Waals surface area contributed by atoms with Crippen molar-refractivity contribution in [1.29, 1.82) is 0 Å². The number of urea groups is 1. The zero-order valence-corrected chi connectivity index (χ0v) is 12.6. The first-order valence-electron chi connectivity index (χ1n) is 7.24. The molecule has 5 nitrogen and oxygen atoms in total. The molecular formula is C14H28N2O3. The van der Waals surface area contributed by atoms with Gasteiger partial charge in [0.05, 0.1) is 0 Å². The van der Waals surface area contributed by atoms with Gasteiger partial charge in [0.25, 0.3) is 0 Å². The predicted octanol–water partition coefficient (Wildman–Crippen LogP) is 2.71. The van der Waals surface area contributed by atoms with E-state index in [1.54, 1.807) is 4.90 Å². The van der Waals surface area contributed by atoms with E-state index in [4.69, 9.17) is 5.11 Å². The van der Waals surface area contributed by atoms with Crippen molar-refractivity contribution in [3.8, 4) is 0 Å². The molecule has 0 saturated heterocycles. The third-order valence-corrected chi connectivity index (χ3v) is 3.34. The lowest BCUT2D eigenvalue weighted by atomic mass is 10.1.